The van der Waals surface area contributed by atoms with Crippen molar-refractivity contribution in [3.63, 3.8) is 0 Å². The van der Waals surface area contributed by atoms with Crippen LogP contribution in [0.3, 0.4) is 0 Å². The van der Waals surface area contributed by atoms with E-state index >= 15 is 0 Å². The molecule has 0 aromatic rings. The maximum absolute atomic E-state index is 10.9. The van der Waals surface area contributed by atoms with Crippen molar-refractivity contribution >= 4 is 17.5 Å². The number of rotatable bonds is 5. The van der Waals surface area contributed by atoms with Gasteiger partial charge in [0, 0.05) is 12.8 Å². The van der Waals surface area contributed by atoms with Crippen molar-refractivity contribution < 1.29 is 19.9 Å². The van der Waals surface area contributed by atoms with Crippen LogP contribution in [0.25, 0.3) is 0 Å². The molecule has 0 aliphatic rings. The number of carbonyl (C=O) groups is 2. The molecule has 0 spiro atoms. The van der Waals surface area contributed by atoms with Crippen molar-refractivity contribution in [2.24, 2.45) is 5.16 Å². The van der Waals surface area contributed by atoms with Gasteiger partial charge in [0.05, 0.1) is 0 Å². The average molecular weight is 173 g/mol. The highest BCUT2D eigenvalue weighted by molar-refractivity contribution is 6.38. The number of carbonyl (C=O) groups excluding carboxylic acids is 1. The summed E-state index contributed by atoms with van der Waals surface area (Å²) in [6.45, 7) is 1.38. The summed E-state index contributed by atoms with van der Waals surface area (Å²) in [5.41, 5.74) is 0.0142. The SMILES string of the molecule is CC(=NO)C(=O)CCCC(=O)O. The van der Waals surface area contributed by atoms with E-state index in [0.29, 0.717) is 0 Å². The fourth-order valence-electron chi connectivity index (χ4n) is 0.637. The van der Waals surface area contributed by atoms with Crippen molar-refractivity contribution in [1.29, 1.82) is 0 Å². The van der Waals surface area contributed by atoms with Gasteiger partial charge in [-0.1, -0.05) is 5.16 Å². The first-order valence-electron chi connectivity index (χ1n) is 3.51. The zero-order valence-corrected chi connectivity index (χ0v) is 6.78. The zero-order chi connectivity index (χ0) is 9.56. The van der Waals surface area contributed by atoms with Gasteiger partial charge in [-0.25, -0.2) is 0 Å². The molecule has 5 heteroatoms. The standard InChI is InChI=1S/C7H11NO4/c1-5(8-12)6(9)3-2-4-7(10)11/h12H,2-4H2,1H3,(H,10,11). The molecule has 0 rings (SSSR count). The van der Waals surface area contributed by atoms with Crippen molar-refractivity contribution in [3.8, 4) is 0 Å². The Morgan fingerprint density at radius 3 is 2.33 bits per heavy atom. The number of Topliss-reactive ketones (excluding diaryl/α,β-unsaturated/α-hetero) is 1. The molecule has 0 aliphatic heterocycles. The predicted octanol–water partition coefficient (Wildman–Crippen LogP) is 0.660. The van der Waals surface area contributed by atoms with Gasteiger partial charge in [0.25, 0.3) is 0 Å². The van der Waals surface area contributed by atoms with E-state index in [1.165, 1.54) is 6.92 Å². The number of hydrogen-bond donors (Lipinski definition) is 2. The summed E-state index contributed by atoms with van der Waals surface area (Å²) >= 11 is 0. The van der Waals surface area contributed by atoms with Gasteiger partial charge >= 0.3 is 5.97 Å². The molecule has 0 atom stereocenters. The third kappa shape index (κ3) is 4.43. The van der Waals surface area contributed by atoms with Crippen LogP contribution in [-0.2, 0) is 9.59 Å². The van der Waals surface area contributed by atoms with Gasteiger partial charge in [-0.05, 0) is 13.3 Å². The molecule has 2 N–H and O–H groups in total. The molecule has 0 fully saturated rings. The summed E-state index contributed by atoms with van der Waals surface area (Å²) < 4.78 is 0. The predicted molar refractivity (Wildman–Crippen MR) is 41.4 cm³/mol. The minimum Gasteiger partial charge on any atom is -0.481 e. The van der Waals surface area contributed by atoms with E-state index in [2.05, 4.69) is 5.16 Å². The molecule has 0 heterocycles. The lowest BCUT2D eigenvalue weighted by Gasteiger charge is -1.95. The Kier molecular flexibility index (Phi) is 4.67. The fraction of sp³-hybridized carbons (Fsp3) is 0.571. The number of aliphatic carboxylic acids is 1. The lowest BCUT2D eigenvalue weighted by atomic mass is 10.1. The number of nitrogens with zero attached hydrogens (tertiary/aromatic N) is 1. The maximum Gasteiger partial charge on any atom is 0.303 e. The second-order valence-corrected chi connectivity index (χ2v) is 2.36. The molecule has 68 valence electrons. The van der Waals surface area contributed by atoms with Crippen LogP contribution in [0.2, 0.25) is 0 Å². The van der Waals surface area contributed by atoms with E-state index in [-0.39, 0.29) is 30.8 Å². The van der Waals surface area contributed by atoms with E-state index in [0.717, 1.165) is 0 Å². The van der Waals surface area contributed by atoms with E-state index in [4.69, 9.17) is 10.3 Å². The summed E-state index contributed by atoms with van der Waals surface area (Å²) in [7, 11) is 0. The van der Waals surface area contributed by atoms with Gasteiger partial charge in [-0.2, -0.15) is 0 Å². The molecular formula is C7H11NO4. The highest BCUT2D eigenvalue weighted by atomic mass is 16.4. The van der Waals surface area contributed by atoms with Gasteiger partial charge < -0.3 is 10.3 Å². The Balaban J connectivity index is 3.65. The molecule has 0 aromatic heterocycles. The number of carboxylic acids is 1. The van der Waals surface area contributed by atoms with Gasteiger partial charge in [-0.3, -0.25) is 9.59 Å². The topological polar surface area (TPSA) is 87.0 Å². The zero-order valence-electron chi connectivity index (χ0n) is 6.78. The highest BCUT2D eigenvalue weighted by Gasteiger charge is 2.07. The Labute approximate surface area is 69.7 Å². The summed E-state index contributed by atoms with van der Waals surface area (Å²) in [6, 6.07) is 0. The second kappa shape index (κ2) is 5.29. The second-order valence-electron chi connectivity index (χ2n) is 2.36. The first-order chi connectivity index (χ1) is 5.57. The van der Waals surface area contributed by atoms with Crippen molar-refractivity contribution in [1.82, 2.24) is 0 Å². The van der Waals surface area contributed by atoms with Crippen LogP contribution >= 0.6 is 0 Å². The number of ketones is 1. The monoisotopic (exact) mass is 173 g/mol. The van der Waals surface area contributed by atoms with Gasteiger partial charge in [-0.15, -0.1) is 0 Å². The first-order valence-corrected chi connectivity index (χ1v) is 3.51. The Hall–Kier alpha value is -1.39. The smallest absolute Gasteiger partial charge is 0.303 e. The molecule has 5 nitrogen and oxygen atoms in total. The van der Waals surface area contributed by atoms with Crippen molar-refractivity contribution in [2.75, 3.05) is 0 Å². The third-order valence-electron chi connectivity index (χ3n) is 1.35. The lowest BCUT2D eigenvalue weighted by molar-refractivity contribution is -0.137. The Morgan fingerprint density at radius 2 is 1.92 bits per heavy atom. The molecule has 12 heavy (non-hydrogen) atoms. The van der Waals surface area contributed by atoms with E-state index < -0.39 is 5.97 Å². The molecule has 0 unspecified atom stereocenters. The number of oxime groups is 1. The van der Waals surface area contributed by atoms with Crippen LogP contribution in [-0.4, -0.2) is 27.8 Å². The molecule has 0 amide bonds. The minimum atomic E-state index is -0.929. The summed E-state index contributed by atoms with van der Waals surface area (Å²) in [5.74, 6) is -1.25. The lowest BCUT2D eigenvalue weighted by Crippen LogP contribution is -2.10. The number of hydrogen-bond acceptors (Lipinski definition) is 4. The van der Waals surface area contributed by atoms with Crippen LogP contribution in [0, 0.1) is 0 Å². The average Bonchev–Trinajstić information content (AvgIpc) is 2.02. The van der Waals surface area contributed by atoms with Crippen LogP contribution in [0.15, 0.2) is 5.16 Å². The van der Waals surface area contributed by atoms with Crippen molar-refractivity contribution in [2.45, 2.75) is 26.2 Å². The quantitative estimate of drug-likeness (QED) is 0.363. The van der Waals surface area contributed by atoms with Crippen LogP contribution < -0.4 is 0 Å². The van der Waals surface area contributed by atoms with Crippen LogP contribution in [0.4, 0.5) is 0 Å². The molecule has 0 radical (unpaired) electrons. The summed E-state index contributed by atoms with van der Waals surface area (Å²) in [5, 5.41) is 19.1. The van der Waals surface area contributed by atoms with E-state index in [9.17, 15) is 9.59 Å². The Bertz CT molecular complexity index is 209. The first kappa shape index (κ1) is 10.6. The van der Waals surface area contributed by atoms with Crippen LogP contribution in [0.1, 0.15) is 26.2 Å². The molecule has 0 aromatic carbocycles. The molecule has 0 saturated carbocycles. The van der Waals surface area contributed by atoms with E-state index in [1.807, 2.05) is 0 Å². The minimum absolute atomic E-state index is 0.0142. The molecule has 0 bridgehead atoms. The fourth-order valence-corrected chi connectivity index (χ4v) is 0.637. The normalized spacial score (nSPS) is 11.2. The van der Waals surface area contributed by atoms with Crippen LogP contribution in [0.5, 0.6) is 0 Å². The maximum atomic E-state index is 10.9. The largest absolute Gasteiger partial charge is 0.481 e. The van der Waals surface area contributed by atoms with Gasteiger partial charge in [0.2, 0.25) is 0 Å². The van der Waals surface area contributed by atoms with Crippen molar-refractivity contribution in [3.05, 3.63) is 0 Å². The van der Waals surface area contributed by atoms with E-state index in [1.54, 1.807) is 0 Å². The van der Waals surface area contributed by atoms with Gasteiger partial charge in [0.1, 0.15) is 5.71 Å². The van der Waals surface area contributed by atoms with Gasteiger partial charge in [0.15, 0.2) is 5.78 Å². The summed E-state index contributed by atoms with van der Waals surface area (Å²) in [6.07, 6.45) is 0.355. The number of carboxylic acid groups (broad SMARTS) is 1. The summed E-state index contributed by atoms with van der Waals surface area (Å²) in [4.78, 5) is 20.9. The highest BCUT2D eigenvalue weighted by Crippen LogP contribution is 1.97. The third-order valence-corrected chi connectivity index (χ3v) is 1.35. The molecular weight excluding hydrogens is 162 g/mol. The molecule has 0 saturated heterocycles. The molecule has 0 aliphatic carbocycles. The Morgan fingerprint density at radius 1 is 1.33 bits per heavy atom.